The number of nitrogens with one attached hydrogen (secondary N) is 2. The standard InChI is InChI=1S/C12H14BrN3O3/c13-10-6-9(3-4-11(10)16(18)19)15-12(17)8-2-1-5-14-7-8/h3-4,6,8,14H,1-2,5,7H2,(H,15,17)/t8-/m1/s1. The summed E-state index contributed by atoms with van der Waals surface area (Å²) in [6.07, 6.45) is 1.86. The summed E-state index contributed by atoms with van der Waals surface area (Å²) < 4.78 is 0.358. The first kappa shape index (κ1) is 14.0. The Morgan fingerprint density at radius 2 is 2.32 bits per heavy atom. The summed E-state index contributed by atoms with van der Waals surface area (Å²) >= 11 is 3.13. The van der Waals surface area contributed by atoms with Crippen molar-refractivity contribution in [1.82, 2.24) is 5.32 Å². The van der Waals surface area contributed by atoms with Gasteiger partial charge in [-0.25, -0.2) is 0 Å². The molecule has 1 aliphatic heterocycles. The minimum absolute atomic E-state index is 0.0164. The van der Waals surface area contributed by atoms with E-state index in [9.17, 15) is 14.9 Å². The molecule has 1 aromatic rings. The van der Waals surface area contributed by atoms with Gasteiger partial charge in [0.1, 0.15) is 0 Å². The second kappa shape index (κ2) is 6.12. The van der Waals surface area contributed by atoms with E-state index in [2.05, 4.69) is 26.6 Å². The molecule has 7 heteroatoms. The minimum Gasteiger partial charge on any atom is -0.326 e. The molecule has 0 aromatic heterocycles. The van der Waals surface area contributed by atoms with E-state index >= 15 is 0 Å². The van der Waals surface area contributed by atoms with Gasteiger partial charge in [0.25, 0.3) is 5.69 Å². The van der Waals surface area contributed by atoms with Crippen LogP contribution in [0.25, 0.3) is 0 Å². The smallest absolute Gasteiger partial charge is 0.283 e. The average Bonchev–Trinajstić information content (AvgIpc) is 2.39. The monoisotopic (exact) mass is 327 g/mol. The van der Waals surface area contributed by atoms with Crippen LogP contribution < -0.4 is 10.6 Å². The normalized spacial score (nSPS) is 18.9. The van der Waals surface area contributed by atoms with Gasteiger partial charge in [-0.15, -0.1) is 0 Å². The lowest BCUT2D eigenvalue weighted by Crippen LogP contribution is -2.37. The number of nitro groups is 1. The predicted molar refractivity (Wildman–Crippen MR) is 75.0 cm³/mol. The highest BCUT2D eigenvalue weighted by molar-refractivity contribution is 9.10. The highest BCUT2D eigenvalue weighted by Crippen LogP contribution is 2.28. The third kappa shape index (κ3) is 3.51. The van der Waals surface area contributed by atoms with E-state index in [1.54, 1.807) is 6.07 Å². The Bertz CT molecular complexity index is 501. The quantitative estimate of drug-likeness (QED) is 0.659. The van der Waals surface area contributed by atoms with Gasteiger partial charge in [-0.1, -0.05) is 0 Å². The number of carbonyl (C=O) groups excluding carboxylic acids is 1. The van der Waals surface area contributed by atoms with E-state index < -0.39 is 4.92 Å². The Morgan fingerprint density at radius 1 is 1.53 bits per heavy atom. The molecule has 1 amide bonds. The summed E-state index contributed by atoms with van der Waals surface area (Å²) in [5, 5.41) is 16.6. The van der Waals surface area contributed by atoms with Crippen molar-refractivity contribution >= 4 is 33.2 Å². The van der Waals surface area contributed by atoms with Gasteiger partial charge >= 0.3 is 0 Å². The largest absolute Gasteiger partial charge is 0.326 e. The number of rotatable bonds is 3. The maximum Gasteiger partial charge on any atom is 0.283 e. The number of hydrogen-bond acceptors (Lipinski definition) is 4. The fourth-order valence-corrected chi connectivity index (χ4v) is 2.58. The van der Waals surface area contributed by atoms with Gasteiger partial charge in [-0.3, -0.25) is 14.9 Å². The maximum atomic E-state index is 12.0. The van der Waals surface area contributed by atoms with Crippen LogP contribution in [-0.2, 0) is 4.79 Å². The molecule has 0 saturated carbocycles. The van der Waals surface area contributed by atoms with Crippen LogP contribution in [0.15, 0.2) is 22.7 Å². The van der Waals surface area contributed by atoms with Crippen LogP contribution in [0.5, 0.6) is 0 Å². The fraction of sp³-hybridized carbons (Fsp3) is 0.417. The van der Waals surface area contributed by atoms with Crippen LogP contribution in [0.3, 0.4) is 0 Å². The molecule has 0 unspecified atom stereocenters. The molecule has 1 fully saturated rings. The lowest BCUT2D eigenvalue weighted by atomic mass is 9.99. The molecule has 1 atom stereocenters. The molecule has 0 spiro atoms. The number of carbonyl (C=O) groups is 1. The van der Waals surface area contributed by atoms with E-state index in [4.69, 9.17) is 0 Å². The topological polar surface area (TPSA) is 84.3 Å². The molecular formula is C12H14BrN3O3. The number of nitro benzene ring substituents is 1. The summed E-state index contributed by atoms with van der Waals surface area (Å²) in [6.45, 7) is 1.63. The van der Waals surface area contributed by atoms with Crippen LogP contribution >= 0.6 is 15.9 Å². The second-order valence-electron chi connectivity index (χ2n) is 4.46. The summed E-state index contributed by atoms with van der Waals surface area (Å²) in [7, 11) is 0. The van der Waals surface area contributed by atoms with E-state index in [0.29, 0.717) is 16.7 Å². The molecule has 19 heavy (non-hydrogen) atoms. The summed E-state index contributed by atoms with van der Waals surface area (Å²) in [5.74, 6) is -0.0873. The Kier molecular flexibility index (Phi) is 4.49. The van der Waals surface area contributed by atoms with Crippen molar-refractivity contribution in [2.75, 3.05) is 18.4 Å². The van der Waals surface area contributed by atoms with Gasteiger partial charge < -0.3 is 10.6 Å². The van der Waals surface area contributed by atoms with Gasteiger partial charge in [0, 0.05) is 18.3 Å². The molecular weight excluding hydrogens is 314 g/mol. The van der Waals surface area contributed by atoms with Crippen molar-refractivity contribution in [3.63, 3.8) is 0 Å². The molecule has 6 nitrogen and oxygen atoms in total. The number of anilines is 1. The lowest BCUT2D eigenvalue weighted by molar-refractivity contribution is -0.385. The molecule has 2 N–H and O–H groups in total. The van der Waals surface area contributed by atoms with Gasteiger partial charge in [0.2, 0.25) is 5.91 Å². The first-order valence-corrected chi connectivity index (χ1v) is 6.83. The second-order valence-corrected chi connectivity index (χ2v) is 5.31. The summed E-state index contributed by atoms with van der Waals surface area (Å²) in [4.78, 5) is 22.2. The van der Waals surface area contributed by atoms with Crippen LogP contribution in [0, 0.1) is 16.0 Å². The molecule has 102 valence electrons. The number of benzene rings is 1. The third-order valence-electron chi connectivity index (χ3n) is 3.08. The number of amides is 1. The lowest BCUT2D eigenvalue weighted by Gasteiger charge is -2.21. The molecule has 1 heterocycles. The van der Waals surface area contributed by atoms with Gasteiger partial charge in [-0.2, -0.15) is 0 Å². The van der Waals surface area contributed by atoms with Gasteiger partial charge in [-0.05, 0) is 47.4 Å². The van der Waals surface area contributed by atoms with Crippen molar-refractivity contribution in [1.29, 1.82) is 0 Å². The Balaban J connectivity index is 2.04. The molecule has 0 bridgehead atoms. The highest BCUT2D eigenvalue weighted by atomic mass is 79.9. The SMILES string of the molecule is O=C(Nc1ccc([N+](=O)[O-])c(Br)c1)[C@@H]1CCCNC1. The molecule has 0 radical (unpaired) electrons. The zero-order valence-corrected chi connectivity index (χ0v) is 11.8. The van der Waals surface area contributed by atoms with Gasteiger partial charge in [0.05, 0.1) is 15.3 Å². The molecule has 1 aromatic carbocycles. The predicted octanol–water partition coefficient (Wildman–Crippen LogP) is 2.30. The number of nitrogens with zero attached hydrogens (tertiary/aromatic N) is 1. The Labute approximate surface area is 118 Å². The minimum atomic E-state index is -0.471. The Hall–Kier alpha value is -1.47. The van der Waals surface area contributed by atoms with E-state index in [1.165, 1.54) is 12.1 Å². The number of piperidine rings is 1. The van der Waals surface area contributed by atoms with E-state index in [0.717, 1.165) is 19.4 Å². The zero-order valence-electron chi connectivity index (χ0n) is 10.2. The Morgan fingerprint density at radius 3 is 2.89 bits per heavy atom. The number of halogens is 1. The van der Waals surface area contributed by atoms with Crippen molar-refractivity contribution in [3.05, 3.63) is 32.8 Å². The van der Waals surface area contributed by atoms with Crippen molar-refractivity contribution in [3.8, 4) is 0 Å². The first-order chi connectivity index (χ1) is 9.08. The third-order valence-corrected chi connectivity index (χ3v) is 3.71. The molecule has 0 aliphatic carbocycles. The number of hydrogen-bond donors (Lipinski definition) is 2. The average molecular weight is 328 g/mol. The fourth-order valence-electron chi connectivity index (χ4n) is 2.05. The van der Waals surface area contributed by atoms with Crippen LogP contribution in [0.4, 0.5) is 11.4 Å². The summed E-state index contributed by atoms with van der Waals surface area (Å²) in [6, 6.07) is 4.46. The zero-order chi connectivity index (χ0) is 13.8. The molecule has 1 aliphatic rings. The highest BCUT2D eigenvalue weighted by Gasteiger charge is 2.21. The van der Waals surface area contributed by atoms with Crippen molar-refractivity contribution in [2.24, 2.45) is 5.92 Å². The summed E-state index contributed by atoms with van der Waals surface area (Å²) in [5.41, 5.74) is 0.547. The maximum absolute atomic E-state index is 12.0. The van der Waals surface area contributed by atoms with Gasteiger partial charge in [0.15, 0.2) is 0 Å². The van der Waals surface area contributed by atoms with Crippen LogP contribution in [-0.4, -0.2) is 23.9 Å². The van der Waals surface area contributed by atoms with Crippen molar-refractivity contribution in [2.45, 2.75) is 12.8 Å². The van der Waals surface area contributed by atoms with Crippen LogP contribution in [0.1, 0.15) is 12.8 Å². The van der Waals surface area contributed by atoms with E-state index in [-0.39, 0.29) is 17.5 Å². The van der Waals surface area contributed by atoms with E-state index in [1.807, 2.05) is 0 Å². The van der Waals surface area contributed by atoms with Crippen LogP contribution in [0.2, 0.25) is 0 Å². The molecule has 2 rings (SSSR count). The molecule has 1 saturated heterocycles. The van der Waals surface area contributed by atoms with Crippen molar-refractivity contribution < 1.29 is 9.72 Å². The first-order valence-electron chi connectivity index (χ1n) is 6.03.